The number of carboxylic acid groups (broad SMARTS) is 1. The van der Waals surface area contributed by atoms with Crippen LogP contribution < -0.4 is 4.74 Å². The van der Waals surface area contributed by atoms with Crippen molar-refractivity contribution >= 4 is 16.0 Å². The summed E-state index contributed by atoms with van der Waals surface area (Å²) in [4.78, 5) is 14.8. The van der Waals surface area contributed by atoms with Gasteiger partial charge >= 0.3 is 5.97 Å². The standard InChI is InChI=1S/C25H28N2O6S/c1-25(2,18-28)21-10-8-19(9-11-21)15-27(34(31,32)23-7-4-12-26-14-23)16-20-5-3-6-22(13-20)33-17-24(29)30/h3-14,28H,15-18H2,1-2H3,(H,29,30). The van der Waals surface area contributed by atoms with E-state index in [9.17, 15) is 18.3 Å². The quantitative estimate of drug-likeness (QED) is 0.429. The van der Waals surface area contributed by atoms with E-state index in [1.54, 1.807) is 30.3 Å². The summed E-state index contributed by atoms with van der Waals surface area (Å²) in [6.07, 6.45) is 2.82. The third-order valence-corrected chi connectivity index (χ3v) is 7.16. The number of rotatable bonds is 11. The Morgan fingerprint density at radius 2 is 1.74 bits per heavy atom. The molecule has 0 saturated carbocycles. The lowest BCUT2D eigenvalue weighted by molar-refractivity contribution is -0.139. The second-order valence-corrected chi connectivity index (χ2v) is 10.5. The normalized spacial score (nSPS) is 12.0. The van der Waals surface area contributed by atoms with E-state index in [2.05, 4.69) is 4.98 Å². The number of pyridine rings is 1. The van der Waals surface area contributed by atoms with E-state index in [1.165, 1.54) is 22.8 Å². The first kappa shape index (κ1) is 25.4. The van der Waals surface area contributed by atoms with Crippen molar-refractivity contribution in [3.63, 3.8) is 0 Å². The predicted octanol–water partition coefficient (Wildman–Crippen LogP) is 3.21. The molecule has 0 aliphatic carbocycles. The monoisotopic (exact) mass is 484 g/mol. The Morgan fingerprint density at radius 1 is 1.03 bits per heavy atom. The third-order valence-electron chi connectivity index (χ3n) is 5.38. The molecule has 0 fully saturated rings. The molecule has 0 saturated heterocycles. The number of aliphatic carboxylic acids is 1. The van der Waals surface area contributed by atoms with Crippen LogP contribution in [-0.2, 0) is 33.3 Å². The minimum atomic E-state index is -3.88. The van der Waals surface area contributed by atoms with Crippen LogP contribution in [0.1, 0.15) is 30.5 Å². The Balaban J connectivity index is 1.91. The number of hydrogen-bond donors (Lipinski definition) is 2. The molecule has 180 valence electrons. The van der Waals surface area contributed by atoms with Crippen LogP contribution >= 0.6 is 0 Å². The summed E-state index contributed by atoms with van der Waals surface area (Å²) in [5.74, 6) is -0.756. The Morgan fingerprint density at radius 3 is 2.35 bits per heavy atom. The molecular formula is C25H28N2O6S. The van der Waals surface area contributed by atoms with Crippen molar-refractivity contribution in [2.75, 3.05) is 13.2 Å². The Labute approximate surface area is 199 Å². The maximum atomic E-state index is 13.5. The number of aromatic nitrogens is 1. The molecule has 0 atom stereocenters. The van der Waals surface area contributed by atoms with Gasteiger partial charge in [-0.3, -0.25) is 4.98 Å². The largest absolute Gasteiger partial charge is 0.482 e. The topological polar surface area (TPSA) is 117 Å². The summed E-state index contributed by atoms with van der Waals surface area (Å²) in [5, 5.41) is 18.5. The van der Waals surface area contributed by atoms with E-state index in [4.69, 9.17) is 9.84 Å². The molecule has 0 aliphatic rings. The van der Waals surface area contributed by atoms with Gasteiger partial charge in [0.05, 0.1) is 6.61 Å². The number of ether oxygens (including phenoxy) is 1. The van der Waals surface area contributed by atoms with Crippen molar-refractivity contribution < 1.29 is 28.2 Å². The Kier molecular flexibility index (Phi) is 8.03. The van der Waals surface area contributed by atoms with Crippen molar-refractivity contribution in [3.05, 3.63) is 89.7 Å². The molecule has 0 spiro atoms. The molecule has 2 N–H and O–H groups in total. The highest BCUT2D eigenvalue weighted by Crippen LogP contribution is 2.25. The second-order valence-electron chi connectivity index (χ2n) is 8.53. The molecule has 2 aromatic carbocycles. The molecule has 1 heterocycles. The van der Waals surface area contributed by atoms with Gasteiger partial charge in [0.25, 0.3) is 0 Å². The van der Waals surface area contributed by atoms with Crippen LogP contribution in [0.5, 0.6) is 5.75 Å². The van der Waals surface area contributed by atoms with Gasteiger partial charge in [0, 0.05) is 30.9 Å². The summed E-state index contributed by atoms with van der Waals surface area (Å²) in [6, 6.07) is 17.2. The van der Waals surface area contributed by atoms with Gasteiger partial charge in [0.15, 0.2) is 6.61 Å². The van der Waals surface area contributed by atoms with Crippen LogP contribution in [0.25, 0.3) is 0 Å². The zero-order valence-corrected chi connectivity index (χ0v) is 19.9. The number of nitrogens with zero attached hydrogens (tertiary/aromatic N) is 2. The van der Waals surface area contributed by atoms with Gasteiger partial charge in [-0.05, 0) is 41.0 Å². The van der Waals surface area contributed by atoms with E-state index < -0.39 is 28.0 Å². The first-order valence-electron chi connectivity index (χ1n) is 10.7. The van der Waals surface area contributed by atoms with Crippen LogP contribution in [0.4, 0.5) is 0 Å². The number of aliphatic hydroxyl groups is 1. The van der Waals surface area contributed by atoms with Gasteiger partial charge in [-0.25, -0.2) is 13.2 Å². The first-order chi connectivity index (χ1) is 16.1. The minimum Gasteiger partial charge on any atom is -0.482 e. The summed E-state index contributed by atoms with van der Waals surface area (Å²) < 4.78 is 33.5. The lowest BCUT2D eigenvalue weighted by Gasteiger charge is -2.24. The van der Waals surface area contributed by atoms with Crippen molar-refractivity contribution in [1.82, 2.24) is 9.29 Å². The van der Waals surface area contributed by atoms with E-state index >= 15 is 0 Å². The number of carboxylic acids is 1. The molecule has 0 bridgehead atoms. The van der Waals surface area contributed by atoms with Gasteiger partial charge in [0.2, 0.25) is 10.0 Å². The molecule has 1 aromatic heterocycles. The fourth-order valence-corrected chi connectivity index (χ4v) is 4.69. The summed E-state index contributed by atoms with van der Waals surface area (Å²) >= 11 is 0. The summed E-state index contributed by atoms with van der Waals surface area (Å²) in [6.45, 7) is 3.52. The molecule has 9 heteroatoms. The Bertz CT molecular complexity index is 1210. The van der Waals surface area contributed by atoms with E-state index in [0.29, 0.717) is 11.3 Å². The van der Waals surface area contributed by atoms with Crippen LogP contribution in [0.3, 0.4) is 0 Å². The fourth-order valence-electron chi connectivity index (χ4n) is 3.31. The van der Waals surface area contributed by atoms with E-state index in [0.717, 1.165) is 11.1 Å². The van der Waals surface area contributed by atoms with E-state index in [-0.39, 0.29) is 24.6 Å². The van der Waals surface area contributed by atoms with Gasteiger partial charge in [-0.1, -0.05) is 50.2 Å². The number of hydrogen-bond acceptors (Lipinski definition) is 6. The molecule has 0 amide bonds. The lowest BCUT2D eigenvalue weighted by Crippen LogP contribution is -2.30. The highest BCUT2D eigenvalue weighted by molar-refractivity contribution is 7.89. The van der Waals surface area contributed by atoms with Crippen LogP contribution in [0, 0.1) is 0 Å². The van der Waals surface area contributed by atoms with Crippen molar-refractivity contribution in [2.45, 2.75) is 37.2 Å². The van der Waals surface area contributed by atoms with Gasteiger partial charge in [0.1, 0.15) is 10.6 Å². The second kappa shape index (κ2) is 10.8. The number of benzene rings is 2. The average molecular weight is 485 g/mol. The van der Waals surface area contributed by atoms with Crippen molar-refractivity contribution in [1.29, 1.82) is 0 Å². The van der Waals surface area contributed by atoms with Crippen LogP contribution in [0.2, 0.25) is 0 Å². The molecule has 0 radical (unpaired) electrons. The predicted molar refractivity (Wildman–Crippen MR) is 127 cm³/mol. The first-order valence-corrected chi connectivity index (χ1v) is 12.1. The van der Waals surface area contributed by atoms with Gasteiger partial charge in [-0.15, -0.1) is 0 Å². The number of aliphatic hydroxyl groups excluding tert-OH is 1. The van der Waals surface area contributed by atoms with E-state index in [1.807, 2.05) is 38.1 Å². The highest BCUT2D eigenvalue weighted by atomic mass is 32.2. The molecule has 8 nitrogen and oxygen atoms in total. The zero-order valence-electron chi connectivity index (χ0n) is 19.1. The third kappa shape index (κ3) is 6.40. The molecule has 3 aromatic rings. The minimum absolute atomic E-state index is 0.00581. The number of sulfonamides is 1. The molecular weight excluding hydrogens is 456 g/mol. The summed E-state index contributed by atoms with van der Waals surface area (Å²) in [7, 11) is -3.88. The van der Waals surface area contributed by atoms with Gasteiger partial charge < -0.3 is 14.9 Å². The van der Waals surface area contributed by atoms with Crippen LogP contribution in [-0.4, -0.2) is 47.1 Å². The molecule has 0 unspecified atom stereocenters. The summed E-state index contributed by atoms with van der Waals surface area (Å²) in [5.41, 5.74) is 1.97. The molecule has 3 rings (SSSR count). The molecule has 0 aliphatic heterocycles. The Hall–Kier alpha value is -3.27. The average Bonchev–Trinajstić information content (AvgIpc) is 2.83. The van der Waals surface area contributed by atoms with Crippen molar-refractivity contribution in [2.24, 2.45) is 0 Å². The van der Waals surface area contributed by atoms with Gasteiger partial charge in [-0.2, -0.15) is 4.31 Å². The fraction of sp³-hybridized carbons (Fsp3) is 0.280. The highest BCUT2D eigenvalue weighted by Gasteiger charge is 2.26. The van der Waals surface area contributed by atoms with Crippen LogP contribution in [0.15, 0.2) is 78.0 Å². The maximum Gasteiger partial charge on any atom is 0.341 e. The molecule has 34 heavy (non-hydrogen) atoms. The SMILES string of the molecule is CC(C)(CO)c1ccc(CN(Cc2cccc(OCC(=O)O)c2)S(=O)(=O)c2cccnc2)cc1. The smallest absolute Gasteiger partial charge is 0.341 e. The lowest BCUT2D eigenvalue weighted by atomic mass is 9.85. The zero-order chi connectivity index (χ0) is 24.8. The van der Waals surface area contributed by atoms with Crippen molar-refractivity contribution in [3.8, 4) is 5.75 Å². The maximum absolute atomic E-state index is 13.5. The number of carbonyl (C=O) groups is 1.